The number of aromatic nitrogens is 3. The van der Waals surface area contributed by atoms with Crippen molar-refractivity contribution < 1.29 is 27.5 Å². The fourth-order valence-corrected chi connectivity index (χ4v) is 3.02. The first-order valence-corrected chi connectivity index (χ1v) is 9.69. The highest BCUT2D eigenvalue weighted by Gasteiger charge is 2.31. The van der Waals surface area contributed by atoms with Crippen molar-refractivity contribution >= 4 is 40.1 Å². The highest BCUT2D eigenvalue weighted by molar-refractivity contribution is 6.33. The van der Waals surface area contributed by atoms with E-state index in [1.165, 1.54) is 6.07 Å². The van der Waals surface area contributed by atoms with E-state index < -0.39 is 35.2 Å². The Labute approximate surface area is 184 Å². The Hall–Kier alpha value is -3.47. The van der Waals surface area contributed by atoms with Gasteiger partial charge in [-0.3, -0.25) is 9.59 Å². The summed E-state index contributed by atoms with van der Waals surface area (Å²) >= 11 is 5.74. The molecule has 0 aliphatic heterocycles. The molecule has 2 aromatic heterocycles. The number of alkyl halides is 3. The van der Waals surface area contributed by atoms with Gasteiger partial charge in [0.1, 0.15) is 0 Å². The zero-order valence-corrected chi connectivity index (χ0v) is 17.3. The Kier molecular flexibility index (Phi) is 6.78. The van der Waals surface area contributed by atoms with E-state index in [0.717, 1.165) is 4.68 Å². The maximum Gasteiger partial charge on any atom is 0.417 e. The molecule has 1 aromatic carbocycles. The van der Waals surface area contributed by atoms with Crippen LogP contribution in [0.1, 0.15) is 29.4 Å². The number of amides is 1. The number of fused-ring (bicyclic) bond motifs is 1. The zero-order valence-electron chi connectivity index (χ0n) is 16.6. The van der Waals surface area contributed by atoms with Crippen molar-refractivity contribution in [2.24, 2.45) is 0 Å². The Morgan fingerprint density at radius 2 is 1.91 bits per heavy atom. The molecule has 0 aliphatic rings. The number of anilines is 1. The van der Waals surface area contributed by atoms with Crippen molar-refractivity contribution in [3.63, 3.8) is 0 Å². The van der Waals surface area contributed by atoms with E-state index in [0.29, 0.717) is 18.7 Å². The number of pyridine rings is 1. The third-order valence-corrected chi connectivity index (χ3v) is 4.55. The van der Waals surface area contributed by atoms with Crippen LogP contribution in [-0.4, -0.2) is 33.2 Å². The molecule has 0 unspecified atom stereocenters. The summed E-state index contributed by atoms with van der Waals surface area (Å²) in [5, 5.41) is 6.33. The molecule has 0 atom stereocenters. The molecule has 0 fully saturated rings. The average Bonchev–Trinajstić information content (AvgIpc) is 2.75. The third-order valence-electron chi connectivity index (χ3n) is 4.26. The van der Waals surface area contributed by atoms with E-state index in [2.05, 4.69) is 15.4 Å². The summed E-state index contributed by atoms with van der Waals surface area (Å²) in [6.07, 6.45) is -3.53. The van der Waals surface area contributed by atoms with Gasteiger partial charge in [-0.15, -0.1) is 0 Å². The molecule has 3 rings (SSSR count). The molecule has 32 heavy (non-hydrogen) atoms. The first kappa shape index (κ1) is 23.2. The minimum atomic E-state index is -4.64. The van der Waals surface area contributed by atoms with Crippen molar-refractivity contribution in [1.29, 1.82) is 0 Å². The van der Waals surface area contributed by atoms with Crippen LogP contribution < -0.4 is 10.9 Å². The normalized spacial score (nSPS) is 11.4. The number of aryl methyl sites for hydroxylation is 1. The molecule has 3 aromatic rings. The summed E-state index contributed by atoms with van der Waals surface area (Å²) in [6, 6.07) is 6.96. The second-order valence-corrected chi connectivity index (χ2v) is 7.01. The van der Waals surface area contributed by atoms with Crippen LogP contribution in [0.4, 0.5) is 19.0 Å². The Morgan fingerprint density at radius 1 is 1.22 bits per heavy atom. The number of benzene rings is 1. The molecule has 12 heteroatoms. The van der Waals surface area contributed by atoms with Crippen molar-refractivity contribution in [1.82, 2.24) is 14.8 Å². The van der Waals surface area contributed by atoms with Crippen LogP contribution in [0.15, 0.2) is 41.3 Å². The number of hydrogen-bond acceptors (Lipinski definition) is 6. The van der Waals surface area contributed by atoms with Crippen molar-refractivity contribution in [2.75, 3.05) is 11.9 Å². The molecule has 0 radical (unpaired) electrons. The van der Waals surface area contributed by atoms with Gasteiger partial charge in [-0.1, -0.05) is 36.7 Å². The van der Waals surface area contributed by atoms with E-state index in [4.69, 9.17) is 16.3 Å². The second-order valence-electron chi connectivity index (χ2n) is 6.60. The monoisotopic (exact) mass is 468 g/mol. The molecule has 8 nitrogen and oxygen atoms in total. The van der Waals surface area contributed by atoms with Crippen LogP contribution >= 0.6 is 11.6 Å². The molecule has 0 saturated carbocycles. The zero-order chi connectivity index (χ0) is 23.5. The van der Waals surface area contributed by atoms with Crippen molar-refractivity contribution in [2.45, 2.75) is 26.1 Å². The summed E-state index contributed by atoms with van der Waals surface area (Å²) in [4.78, 5) is 40.6. The van der Waals surface area contributed by atoms with Gasteiger partial charge in [0, 0.05) is 18.1 Å². The molecule has 1 N–H and O–H groups in total. The largest absolute Gasteiger partial charge is 0.451 e. The molecule has 2 heterocycles. The third kappa shape index (κ3) is 5.05. The highest BCUT2D eigenvalue weighted by atomic mass is 35.5. The van der Waals surface area contributed by atoms with Gasteiger partial charge >= 0.3 is 12.1 Å². The van der Waals surface area contributed by atoms with Gasteiger partial charge in [0.05, 0.1) is 16.0 Å². The van der Waals surface area contributed by atoms with Crippen LogP contribution in [0, 0.1) is 0 Å². The summed E-state index contributed by atoms with van der Waals surface area (Å²) in [6.45, 7) is 1.34. The number of halogens is 4. The fraction of sp³-hybridized carbons (Fsp3) is 0.250. The van der Waals surface area contributed by atoms with Gasteiger partial charge in [-0.2, -0.15) is 18.3 Å². The topological polar surface area (TPSA) is 103 Å². The quantitative estimate of drug-likeness (QED) is 0.554. The van der Waals surface area contributed by atoms with Gasteiger partial charge in [-0.05, 0) is 18.6 Å². The van der Waals surface area contributed by atoms with E-state index in [-0.39, 0.29) is 34.4 Å². The van der Waals surface area contributed by atoms with Crippen molar-refractivity contribution in [3.8, 4) is 0 Å². The first-order chi connectivity index (χ1) is 15.1. The van der Waals surface area contributed by atoms with Crippen LogP contribution in [0.5, 0.6) is 0 Å². The van der Waals surface area contributed by atoms with E-state index in [1.54, 1.807) is 18.2 Å². The van der Waals surface area contributed by atoms with Crippen molar-refractivity contribution in [3.05, 3.63) is 63.2 Å². The first-order valence-electron chi connectivity index (χ1n) is 9.31. The minimum absolute atomic E-state index is 0.146. The second kappa shape index (κ2) is 9.35. The lowest BCUT2D eigenvalue weighted by atomic mass is 10.1. The minimum Gasteiger partial charge on any atom is -0.451 e. The van der Waals surface area contributed by atoms with E-state index >= 15 is 0 Å². The van der Waals surface area contributed by atoms with Crippen LogP contribution in [0.25, 0.3) is 10.8 Å². The van der Waals surface area contributed by atoms with Gasteiger partial charge < -0.3 is 10.1 Å². The molecule has 0 bridgehead atoms. The summed E-state index contributed by atoms with van der Waals surface area (Å²) < 4.78 is 44.2. The highest BCUT2D eigenvalue weighted by Crippen LogP contribution is 2.32. The van der Waals surface area contributed by atoms with Crippen LogP contribution in [-0.2, 0) is 22.3 Å². The summed E-state index contributed by atoms with van der Waals surface area (Å²) in [5.41, 5.74) is -1.58. The maximum absolute atomic E-state index is 12.7. The predicted octanol–water partition coefficient (Wildman–Crippen LogP) is 3.67. The number of hydrogen-bond donors (Lipinski definition) is 1. The standard InChI is InChI=1S/C20H16ClF3N4O4/c1-2-7-28-18(30)13-6-4-3-5-12(13)16(27-28)19(31)32-10-15(29)26-17-14(21)8-11(9-25-17)20(22,23)24/h3-6,8-9H,2,7,10H2,1H3,(H,25,26,29). The predicted molar refractivity (Wildman–Crippen MR) is 109 cm³/mol. The lowest BCUT2D eigenvalue weighted by Crippen LogP contribution is -2.27. The van der Waals surface area contributed by atoms with E-state index in [1.807, 2.05) is 6.92 Å². The molecule has 0 aliphatic carbocycles. The molecule has 0 spiro atoms. The lowest BCUT2D eigenvalue weighted by Gasteiger charge is -2.11. The molecule has 0 saturated heterocycles. The Bertz CT molecular complexity index is 1240. The fourth-order valence-electron chi connectivity index (χ4n) is 2.80. The number of ether oxygens (including phenoxy) is 1. The summed E-state index contributed by atoms with van der Waals surface area (Å²) in [7, 11) is 0. The SMILES string of the molecule is CCCn1nc(C(=O)OCC(=O)Nc2ncc(C(F)(F)F)cc2Cl)c2ccccc2c1=O. The smallest absolute Gasteiger partial charge is 0.417 e. The van der Waals surface area contributed by atoms with Crippen LogP contribution in [0.2, 0.25) is 5.02 Å². The number of rotatable bonds is 6. The average molecular weight is 469 g/mol. The molecular weight excluding hydrogens is 453 g/mol. The number of esters is 1. The number of carbonyl (C=O) groups is 2. The number of carbonyl (C=O) groups excluding carboxylic acids is 2. The molecular formula is C20H16ClF3N4O4. The number of nitrogens with zero attached hydrogens (tertiary/aromatic N) is 3. The van der Waals surface area contributed by atoms with Gasteiger partial charge in [0.15, 0.2) is 18.1 Å². The lowest BCUT2D eigenvalue weighted by molar-refractivity contribution is -0.137. The Morgan fingerprint density at radius 3 is 2.53 bits per heavy atom. The Balaban J connectivity index is 1.75. The van der Waals surface area contributed by atoms with Gasteiger partial charge in [-0.25, -0.2) is 14.5 Å². The molecule has 1 amide bonds. The van der Waals surface area contributed by atoms with Gasteiger partial charge in [0.2, 0.25) is 0 Å². The van der Waals surface area contributed by atoms with Gasteiger partial charge in [0.25, 0.3) is 11.5 Å². The van der Waals surface area contributed by atoms with E-state index in [9.17, 15) is 27.6 Å². The number of nitrogens with one attached hydrogen (secondary N) is 1. The maximum atomic E-state index is 12.7. The molecule has 168 valence electrons. The van der Waals surface area contributed by atoms with Crippen LogP contribution in [0.3, 0.4) is 0 Å². The summed E-state index contributed by atoms with van der Waals surface area (Å²) in [5.74, 6) is -2.15.